The van der Waals surface area contributed by atoms with E-state index in [0.29, 0.717) is 5.92 Å². The normalized spacial score (nSPS) is 16.4. The first-order valence-corrected chi connectivity index (χ1v) is 6.91. The first-order valence-electron chi connectivity index (χ1n) is 6.91. The number of benzene rings is 1. The number of fused-ring (bicyclic) bond motifs is 1. The lowest BCUT2D eigenvalue weighted by atomic mass is 9.89. The maximum Gasteiger partial charge on any atom is 0.161 e. The largest absolute Gasteiger partial charge is 0.490 e. The van der Waals surface area contributed by atoms with E-state index >= 15 is 0 Å². The van der Waals surface area contributed by atoms with Crippen LogP contribution < -0.4 is 15.2 Å². The van der Waals surface area contributed by atoms with E-state index in [0.717, 1.165) is 49.5 Å². The van der Waals surface area contributed by atoms with E-state index in [-0.39, 0.29) is 6.04 Å². The molecule has 0 fully saturated rings. The SMILES string of the molecule is CCC(CC)C(N)c1ccc2c(c1)OCCCO2. The summed E-state index contributed by atoms with van der Waals surface area (Å²) in [5, 5.41) is 0. The third kappa shape index (κ3) is 2.78. The van der Waals surface area contributed by atoms with Crippen LogP contribution in [-0.2, 0) is 0 Å². The maximum absolute atomic E-state index is 6.34. The Morgan fingerprint density at radius 1 is 1.11 bits per heavy atom. The molecule has 0 amide bonds. The van der Waals surface area contributed by atoms with E-state index in [4.69, 9.17) is 15.2 Å². The highest BCUT2D eigenvalue weighted by molar-refractivity contribution is 5.44. The standard InChI is InChI=1S/C15H23NO2/c1-3-11(4-2)15(16)12-6-7-13-14(10-12)18-9-5-8-17-13/h6-7,10-11,15H,3-5,8-9,16H2,1-2H3. The van der Waals surface area contributed by atoms with Crippen molar-refractivity contribution in [1.29, 1.82) is 0 Å². The lowest BCUT2D eigenvalue weighted by Crippen LogP contribution is -2.20. The third-order valence-corrected chi connectivity index (χ3v) is 3.71. The molecule has 0 spiro atoms. The van der Waals surface area contributed by atoms with E-state index in [2.05, 4.69) is 19.9 Å². The molecule has 1 unspecified atom stereocenters. The molecule has 1 atom stereocenters. The molecule has 0 saturated heterocycles. The molecule has 100 valence electrons. The molecule has 0 aliphatic carbocycles. The molecular weight excluding hydrogens is 226 g/mol. The van der Waals surface area contributed by atoms with Gasteiger partial charge in [-0.25, -0.2) is 0 Å². The van der Waals surface area contributed by atoms with Crippen LogP contribution in [-0.4, -0.2) is 13.2 Å². The second kappa shape index (κ2) is 6.10. The molecule has 1 aromatic rings. The maximum atomic E-state index is 6.34. The zero-order chi connectivity index (χ0) is 13.0. The fourth-order valence-corrected chi connectivity index (χ4v) is 2.46. The van der Waals surface area contributed by atoms with Crippen LogP contribution in [0.3, 0.4) is 0 Å². The second-order valence-corrected chi connectivity index (χ2v) is 4.86. The summed E-state index contributed by atoms with van der Waals surface area (Å²) in [6.45, 7) is 5.83. The zero-order valence-corrected chi connectivity index (χ0v) is 11.3. The summed E-state index contributed by atoms with van der Waals surface area (Å²) < 4.78 is 11.3. The Morgan fingerprint density at radius 3 is 2.44 bits per heavy atom. The molecule has 1 aliphatic heterocycles. The van der Waals surface area contributed by atoms with Gasteiger partial charge in [0.25, 0.3) is 0 Å². The minimum atomic E-state index is 0.0807. The average molecular weight is 249 g/mol. The van der Waals surface area contributed by atoms with Crippen LogP contribution in [0.1, 0.15) is 44.7 Å². The van der Waals surface area contributed by atoms with Crippen molar-refractivity contribution in [3.63, 3.8) is 0 Å². The smallest absolute Gasteiger partial charge is 0.161 e. The fraction of sp³-hybridized carbons (Fsp3) is 0.600. The van der Waals surface area contributed by atoms with Crippen molar-refractivity contribution in [2.24, 2.45) is 11.7 Å². The van der Waals surface area contributed by atoms with Gasteiger partial charge >= 0.3 is 0 Å². The van der Waals surface area contributed by atoms with E-state index in [9.17, 15) is 0 Å². The van der Waals surface area contributed by atoms with Gasteiger partial charge in [-0.3, -0.25) is 0 Å². The topological polar surface area (TPSA) is 44.5 Å². The van der Waals surface area contributed by atoms with Crippen molar-refractivity contribution in [3.8, 4) is 11.5 Å². The first-order chi connectivity index (χ1) is 8.76. The van der Waals surface area contributed by atoms with Crippen molar-refractivity contribution in [2.45, 2.75) is 39.2 Å². The quantitative estimate of drug-likeness (QED) is 0.890. The van der Waals surface area contributed by atoms with Gasteiger partial charge in [0.15, 0.2) is 11.5 Å². The summed E-state index contributed by atoms with van der Waals surface area (Å²) in [6, 6.07) is 6.18. The highest BCUT2D eigenvalue weighted by Crippen LogP contribution is 2.34. The Balaban J connectivity index is 2.21. The highest BCUT2D eigenvalue weighted by atomic mass is 16.5. The number of ether oxygens (including phenoxy) is 2. The summed E-state index contributed by atoms with van der Waals surface area (Å²) in [6.07, 6.45) is 3.14. The molecule has 3 nitrogen and oxygen atoms in total. The van der Waals surface area contributed by atoms with Crippen LogP contribution in [0.4, 0.5) is 0 Å². The van der Waals surface area contributed by atoms with Gasteiger partial charge in [0, 0.05) is 12.5 Å². The molecule has 0 aromatic heterocycles. The Labute approximate surface area is 109 Å². The molecular formula is C15H23NO2. The van der Waals surface area contributed by atoms with Crippen LogP contribution in [0.25, 0.3) is 0 Å². The van der Waals surface area contributed by atoms with Gasteiger partial charge < -0.3 is 15.2 Å². The molecule has 0 bridgehead atoms. The fourth-order valence-electron chi connectivity index (χ4n) is 2.46. The van der Waals surface area contributed by atoms with Gasteiger partial charge in [-0.2, -0.15) is 0 Å². The Kier molecular flexibility index (Phi) is 4.48. The molecule has 3 heteroatoms. The van der Waals surface area contributed by atoms with Gasteiger partial charge in [0.2, 0.25) is 0 Å². The molecule has 1 aromatic carbocycles. The monoisotopic (exact) mass is 249 g/mol. The van der Waals surface area contributed by atoms with Crippen molar-refractivity contribution >= 4 is 0 Å². The van der Waals surface area contributed by atoms with Crippen molar-refractivity contribution in [1.82, 2.24) is 0 Å². The number of nitrogens with two attached hydrogens (primary N) is 1. The van der Waals surface area contributed by atoms with Gasteiger partial charge in [-0.15, -0.1) is 0 Å². The Hall–Kier alpha value is -1.22. The van der Waals surface area contributed by atoms with Crippen LogP contribution >= 0.6 is 0 Å². The summed E-state index contributed by atoms with van der Waals surface area (Å²) in [4.78, 5) is 0. The first kappa shape index (κ1) is 13.2. The Morgan fingerprint density at radius 2 is 1.78 bits per heavy atom. The summed E-state index contributed by atoms with van der Waals surface area (Å²) in [5.41, 5.74) is 7.48. The molecule has 0 radical (unpaired) electrons. The van der Waals surface area contributed by atoms with Crippen LogP contribution in [0.15, 0.2) is 18.2 Å². The van der Waals surface area contributed by atoms with Crippen molar-refractivity contribution in [2.75, 3.05) is 13.2 Å². The van der Waals surface area contributed by atoms with Gasteiger partial charge in [0.1, 0.15) is 0 Å². The van der Waals surface area contributed by atoms with Gasteiger partial charge in [-0.1, -0.05) is 32.8 Å². The van der Waals surface area contributed by atoms with Gasteiger partial charge in [-0.05, 0) is 23.6 Å². The Bertz CT molecular complexity index is 388. The van der Waals surface area contributed by atoms with Crippen molar-refractivity contribution < 1.29 is 9.47 Å². The summed E-state index contributed by atoms with van der Waals surface area (Å²) in [7, 11) is 0. The number of hydrogen-bond donors (Lipinski definition) is 1. The minimum Gasteiger partial charge on any atom is -0.490 e. The number of hydrogen-bond acceptors (Lipinski definition) is 3. The predicted molar refractivity (Wildman–Crippen MR) is 73.0 cm³/mol. The molecule has 1 heterocycles. The number of rotatable bonds is 4. The van der Waals surface area contributed by atoms with E-state index in [1.54, 1.807) is 0 Å². The summed E-state index contributed by atoms with van der Waals surface area (Å²) in [5.74, 6) is 2.20. The van der Waals surface area contributed by atoms with Crippen LogP contribution in [0.5, 0.6) is 11.5 Å². The van der Waals surface area contributed by atoms with Crippen molar-refractivity contribution in [3.05, 3.63) is 23.8 Å². The predicted octanol–water partition coefficient (Wildman–Crippen LogP) is 3.28. The molecule has 1 aliphatic rings. The van der Waals surface area contributed by atoms with Gasteiger partial charge in [0.05, 0.1) is 13.2 Å². The second-order valence-electron chi connectivity index (χ2n) is 4.86. The van der Waals surface area contributed by atoms with E-state index in [1.165, 1.54) is 0 Å². The molecule has 0 saturated carbocycles. The molecule has 18 heavy (non-hydrogen) atoms. The lowest BCUT2D eigenvalue weighted by molar-refractivity contribution is 0.296. The lowest BCUT2D eigenvalue weighted by Gasteiger charge is -2.22. The van der Waals surface area contributed by atoms with E-state index < -0.39 is 0 Å². The molecule has 2 rings (SSSR count). The van der Waals surface area contributed by atoms with Crippen LogP contribution in [0, 0.1) is 5.92 Å². The third-order valence-electron chi connectivity index (χ3n) is 3.71. The molecule has 2 N–H and O–H groups in total. The minimum absolute atomic E-state index is 0.0807. The van der Waals surface area contributed by atoms with Crippen LogP contribution in [0.2, 0.25) is 0 Å². The zero-order valence-electron chi connectivity index (χ0n) is 11.3. The average Bonchev–Trinajstić information content (AvgIpc) is 2.64. The summed E-state index contributed by atoms with van der Waals surface area (Å²) >= 11 is 0. The van der Waals surface area contributed by atoms with E-state index in [1.807, 2.05) is 12.1 Å². The highest BCUT2D eigenvalue weighted by Gasteiger charge is 2.18.